The van der Waals surface area contributed by atoms with Gasteiger partial charge >= 0.3 is 0 Å². The van der Waals surface area contributed by atoms with Crippen molar-refractivity contribution in [2.45, 2.75) is 24.5 Å². The average Bonchev–Trinajstić information content (AvgIpc) is 2.06. The van der Waals surface area contributed by atoms with Crippen LogP contribution in [0.4, 0.5) is 0 Å². The fourth-order valence-electron chi connectivity index (χ4n) is 1.36. The smallest absolute Gasteiger partial charge is 0.184 e. The molecule has 12 heavy (non-hydrogen) atoms. The Labute approximate surface area is 71.3 Å². The summed E-state index contributed by atoms with van der Waals surface area (Å²) in [6, 6.07) is -0.385. The third-order valence-corrected chi connectivity index (χ3v) is 2.06. The van der Waals surface area contributed by atoms with Crippen molar-refractivity contribution in [2.75, 3.05) is 20.8 Å². The molecule has 5 nitrogen and oxygen atoms in total. The first-order valence-corrected chi connectivity index (χ1v) is 3.88. The molecule has 4 atom stereocenters. The lowest BCUT2D eigenvalue weighted by molar-refractivity contribution is -0.235. The molecule has 1 saturated heterocycles. The molecule has 72 valence electrons. The van der Waals surface area contributed by atoms with Crippen molar-refractivity contribution in [3.8, 4) is 0 Å². The molecule has 1 rings (SSSR count). The number of methoxy groups -OCH3 is 1. The number of hydrogen-bond donors (Lipinski definition) is 3. The summed E-state index contributed by atoms with van der Waals surface area (Å²) in [5.41, 5.74) is 0. The molecule has 5 heteroatoms. The Morgan fingerprint density at radius 3 is 2.67 bits per heavy atom. The number of aliphatic hydroxyl groups is 2. The first-order chi connectivity index (χ1) is 5.70. The fraction of sp³-hybridized carbons (Fsp3) is 1.00. The van der Waals surface area contributed by atoms with E-state index < -0.39 is 18.5 Å². The van der Waals surface area contributed by atoms with Crippen molar-refractivity contribution < 1.29 is 19.7 Å². The van der Waals surface area contributed by atoms with Crippen LogP contribution in [0.15, 0.2) is 0 Å². The summed E-state index contributed by atoms with van der Waals surface area (Å²) in [6.07, 6.45) is -2.16. The normalized spacial score (nSPS) is 43.0. The lowest BCUT2D eigenvalue weighted by atomic mass is 10.0. The van der Waals surface area contributed by atoms with Gasteiger partial charge in [-0.15, -0.1) is 0 Å². The molecule has 1 heterocycles. The zero-order valence-electron chi connectivity index (χ0n) is 7.23. The molecule has 0 radical (unpaired) electrons. The van der Waals surface area contributed by atoms with E-state index in [2.05, 4.69) is 5.32 Å². The minimum Gasteiger partial charge on any atom is -0.389 e. The predicted molar refractivity (Wildman–Crippen MR) is 41.6 cm³/mol. The maximum atomic E-state index is 9.53. The summed E-state index contributed by atoms with van der Waals surface area (Å²) >= 11 is 0. The molecule has 1 fully saturated rings. The minimum atomic E-state index is -0.830. The molecule has 0 saturated carbocycles. The third-order valence-electron chi connectivity index (χ3n) is 2.06. The van der Waals surface area contributed by atoms with Crippen LogP contribution in [0.1, 0.15) is 0 Å². The molecule has 3 N–H and O–H groups in total. The highest BCUT2D eigenvalue weighted by molar-refractivity contribution is 4.87. The van der Waals surface area contributed by atoms with Gasteiger partial charge < -0.3 is 25.0 Å². The Morgan fingerprint density at radius 2 is 2.17 bits per heavy atom. The Balaban J connectivity index is 2.56. The summed E-state index contributed by atoms with van der Waals surface area (Å²) < 4.78 is 9.88. The average molecular weight is 177 g/mol. The van der Waals surface area contributed by atoms with Crippen LogP contribution in [-0.4, -0.2) is 55.5 Å². The van der Waals surface area contributed by atoms with E-state index in [1.165, 1.54) is 7.11 Å². The zero-order chi connectivity index (χ0) is 9.14. The monoisotopic (exact) mass is 177 g/mol. The topological polar surface area (TPSA) is 71.0 Å². The van der Waals surface area contributed by atoms with Crippen molar-refractivity contribution in [3.05, 3.63) is 0 Å². The van der Waals surface area contributed by atoms with E-state index in [0.717, 1.165) is 0 Å². The summed E-state index contributed by atoms with van der Waals surface area (Å²) in [5.74, 6) is 0. The van der Waals surface area contributed by atoms with Gasteiger partial charge in [0.2, 0.25) is 0 Å². The van der Waals surface area contributed by atoms with Crippen molar-refractivity contribution in [1.29, 1.82) is 0 Å². The van der Waals surface area contributed by atoms with E-state index in [-0.39, 0.29) is 12.6 Å². The molecule has 1 aliphatic heterocycles. The second-order valence-corrected chi connectivity index (χ2v) is 2.81. The number of hydrogen-bond acceptors (Lipinski definition) is 5. The summed E-state index contributed by atoms with van der Waals surface area (Å²) in [6.45, 7) is 0.182. The third kappa shape index (κ3) is 1.75. The van der Waals surface area contributed by atoms with E-state index in [4.69, 9.17) is 9.47 Å². The number of nitrogens with one attached hydrogen (secondary N) is 1. The molecule has 0 bridgehead atoms. The van der Waals surface area contributed by atoms with Gasteiger partial charge in [-0.1, -0.05) is 0 Å². The quantitative estimate of drug-likeness (QED) is 0.469. The highest BCUT2D eigenvalue weighted by atomic mass is 16.7. The molecular formula is C7H15NO4. The SMILES string of the molecule is CN[C@@H]1[C@@H](O)[C@H](OC)OC[C@@H]1O. The van der Waals surface area contributed by atoms with Crippen molar-refractivity contribution in [1.82, 2.24) is 5.32 Å². The molecular weight excluding hydrogens is 162 g/mol. The second kappa shape index (κ2) is 4.15. The van der Waals surface area contributed by atoms with Gasteiger partial charge in [0, 0.05) is 7.11 Å². The molecule has 0 aliphatic carbocycles. The van der Waals surface area contributed by atoms with E-state index >= 15 is 0 Å². The minimum absolute atomic E-state index is 0.182. The first kappa shape index (κ1) is 9.88. The maximum Gasteiger partial charge on any atom is 0.184 e. The maximum absolute atomic E-state index is 9.53. The highest BCUT2D eigenvalue weighted by Gasteiger charge is 2.37. The van der Waals surface area contributed by atoms with Crippen LogP contribution in [0.2, 0.25) is 0 Å². The number of ether oxygens (including phenoxy) is 2. The Kier molecular flexibility index (Phi) is 3.42. The van der Waals surface area contributed by atoms with Crippen LogP contribution in [0.25, 0.3) is 0 Å². The van der Waals surface area contributed by atoms with Crippen molar-refractivity contribution in [2.24, 2.45) is 0 Å². The largest absolute Gasteiger partial charge is 0.389 e. The molecule has 0 aromatic rings. The Bertz CT molecular complexity index is 143. The standard InChI is InChI=1S/C7H15NO4/c1-8-5-4(9)3-12-7(11-2)6(5)10/h4-10H,3H2,1-2H3/t4-,5-,6+,7+/m0/s1. The number of likely N-dealkylation sites (N-methyl/N-ethyl adjacent to an activating group) is 1. The van der Waals surface area contributed by atoms with Gasteiger partial charge in [-0.25, -0.2) is 0 Å². The first-order valence-electron chi connectivity index (χ1n) is 3.88. The van der Waals surface area contributed by atoms with E-state index in [1.54, 1.807) is 7.05 Å². The molecule has 0 unspecified atom stereocenters. The second-order valence-electron chi connectivity index (χ2n) is 2.81. The summed E-state index contributed by atoms with van der Waals surface area (Å²) in [5, 5.41) is 21.7. The summed E-state index contributed by atoms with van der Waals surface area (Å²) in [7, 11) is 3.13. The van der Waals surface area contributed by atoms with Gasteiger partial charge in [-0.05, 0) is 7.05 Å². The molecule has 0 amide bonds. The zero-order valence-corrected chi connectivity index (χ0v) is 7.23. The van der Waals surface area contributed by atoms with Crippen molar-refractivity contribution >= 4 is 0 Å². The van der Waals surface area contributed by atoms with Gasteiger partial charge in [-0.2, -0.15) is 0 Å². The van der Waals surface area contributed by atoms with Crippen LogP contribution < -0.4 is 5.32 Å². The van der Waals surface area contributed by atoms with E-state index in [0.29, 0.717) is 0 Å². The van der Waals surface area contributed by atoms with Crippen LogP contribution in [0, 0.1) is 0 Å². The van der Waals surface area contributed by atoms with Gasteiger partial charge in [0.05, 0.1) is 18.8 Å². The molecule has 1 aliphatic rings. The van der Waals surface area contributed by atoms with Gasteiger partial charge in [0.1, 0.15) is 6.10 Å². The Morgan fingerprint density at radius 1 is 1.50 bits per heavy atom. The van der Waals surface area contributed by atoms with E-state index in [9.17, 15) is 10.2 Å². The van der Waals surface area contributed by atoms with Crippen LogP contribution in [0.5, 0.6) is 0 Å². The van der Waals surface area contributed by atoms with Gasteiger partial charge in [0.15, 0.2) is 6.29 Å². The van der Waals surface area contributed by atoms with E-state index in [1.807, 2.05) is 0 Å². The predicted octanol–water partition coefficient (Wildman–Crippen LogP) is -1.70. The fourth-order valence-corrected chi connectivity index (χ4v) is 1.36. The van der Waals surface area contributed by atoms with Gasteiger partial charge in [-0.3, -0.25) is 0 Å². The molecule has 0 spiro atoms. The summed E-state index contributed by atoms with van der Waals surface area (Å²) in [4.78, 5) is 0. The molecule has 0 aromatic carbocycles. The lowest BCUT2D eigenvalue weighted by Crippen LogP contribution is -2.58. The lowest BCUT2D eigenvalue weighted by Gasteiger charge is -2.36. The van der Waals surface area contributed by atoms with Crippen molar-refractivity contribution in [3.63, 3.8) is 0 Å². The van der Waals surface area contributed by atoms with Gasteiger partial charge in [0.25, 0.3) is 0 Å². The number of rotatable bonds is 2. The highest BCUT2D eigenvalue weighted by Crippen LogP contribution is 2.15. The van der Waals surface area contributed by atoms with Crippen LogP contribution in [0.3, 0.4) is 0 Å². The Hall–Kier alpha value is -0.200. The molecule has 0 aromatic heterocycles. The van der Waals surface area contributed by atoms with Crippen LogP contribution >= 0.6 is 0 Å². The number of aliphatic hydroxyl groups excluding tert-OH is 2. The van der Waals surface area contributed by atoms with Crippen LogP contribution in [-0.2, 0) is 9.47 Å².